The highest BCUT2D eigenvalue weighted by molar-refractivity contribution is 4.58. The molecule has 0 heterocycles. The second-order valence-electron chi connectivity index (χ2n) is 3.03. The molecule has 0 aliphatic heterocycles. The molecule has 1 atom stereocenters. The standard InChI is InChI=1S/C8H18O2/c1-7(2)8(10)5-3-4-6-9/h7-10H,3-6H2,1-2H3. The van der Waals surface area contributed by atoms with Crippen LogP contribution in [0.5, 0.6) is 0 Å². The van der Waals surface area contributed by atoms with E-state index in [1.165, 1.54) is 0 Å². The lowest BCUT2D eigenvalue weighted by atomic mass is 10.0. The van der Waals surface area contributed by atoms with Gasteiger partial charge < -0.3 is 10.2 Å². The van der Waals surface area contributed by atoms with Crippen molar-refractivity contribution in [3.63, 3.8) is 0 Å². The van der Waals surface area contributed by atoms with E-state index in [2.05, 4.69) is 0 Å². The van der Waals surface area contributed by atoms with E-state index in [4.69, 9.17) is 5.11 Å². The van der Waals surface area contributed by atoms with Crippen LogP contribution in [0.3, 0.4) is 0 Å². The van der Waals surface area contributed by atoms with Crippen LogP contribution in [0.4, 0.5) is 0 Å². The van der Waals surface area contributed by atoms with Crippen molar-refractivity contribution in [3.8, 4) is 0 Å². The zero-order valence-corrected chi connectivity index (χ0v) is 6.88. The molecule has 62 valence electrons. The highest BCUT2D eigenvalue weighted by Crippen LogP contribution is 2.08. The molecule has 0 saturated carbocycles. The zero-order chi connectivity index (χ0) is 7.98. The van der Waals surface area contributed by atoms with Crippen LogP contribution >= 0.6 is 0 Å². The summed E-state index contributed by atoms with van der Waals surface area (Å²) in [6.07, 6.45) is 2.37. The predicted molar refractivity (Wildman–Crippen MR) is 41.8 cm³/mol. The van der Waals surface area contributed by atoms with E-state index in [1.807, 2.05) is 13.8 Å². The van der Waals surface area contributed by atoms with Gasteiger partial charge in [0.15, 0.2) is 0 Å². The van der Waals surface area contributed by atoms with Gasteiger partial charge in [0.1, 0.15) is 0 Å². The summed E-state index contributed by atoms with van der Waals surface area (Å²) in [6.45, 7) is 4.25. The minimum Gasteiger partial charge on any atom is -0.396 e. The van der Waals surface area contributed by atoms with Crippen molar-refractivity contribution in [1.82, 2.24) is 0 Å². The first-order valence-electron chi connectivity index (χ1n) is 3.97. The Labute approximate surface area is 62.9 Å². The summed E-state index contributed by atoms with van der Waals surface area (Å²) in [4.78, 5) is 0. The summed E-state index contributed by atoms with van der Waals surface area (Å²) in [5.74, 6) is 0.346. The molecule has 0 aliphatic carbocycles. The molecule has 0 spiro atoms. The second kappa shape index (κ2) is 5.69. The Balaban J connectivity index is 3.13. The third kappa shape index (κ3) is 4.77. The molecular formula is C8H18O2. The minimum absolute atomic E-state index is 0.188. The van der Waals surface area contributed by atoms with Crippen LogP contribution in [-0.2, 0) is 0 Å². The fraction of sp³-hybridized carbons (Fsp3) is 1.00. The van der Waals surface area contributed by atoms with E-state index in [0.717, 1.165) is 19.3 Å². The minimum atomic E-state index is -0.188. The van der Waals surface area contributed by atoms with Gasteiger partial charge in [0.05, 0.1) is 6.10 Å². The smallest absolute Gasteiger partial charge is 0.0563 e. The van der Waals surface area contributed by atoms with Gasteiger partial charge in [0, 0.05) is 6.61 Å². The van der Waals surface area contributed by atoms with Gasteiger partial charge in [0.25, 0.3) is 0 Å². The van der Waals surface area contributed by atoms with E-state index in [1.54, 1.807) is 0 Å². The van der Waals surface area contributed by atoms with Gasteiger partial charge in [-0.15, -0.1) is 0 Å². The lowest BCUT2D eigenvalue weighted by molar-refractivity contribution is 0.111. The van der Waals surface area contributed by atoms with Crippen molar-refractivity contribution in [3.05, 3.63) is 0 Å². The fourth-order valence-corrected chi connectivity index (χ4v) is 0.799. The maximum Gasteiger partial charge on any atom is 0.0563 e. The van der Waals surface area contributed by atoms with Crippen LogP contribution in [0.1, 0.15) is 33.1 Å². The van der Waals surface area contributed by atoms with Crippen LogP contribution in [-0.4, -0.2) is 22.9 Å². The SMILES string of the molecule is CC(C)C(O)CCCCO. The van der Waals surface area contributed by atoms with Gasteiger partial charge >= 0.3 is 0 Å². The zero-order valence-electron chi connectivity index (χ0n) is 6.88. The first kappa shape index (κ1) is 9.92. The maximum absolute atomic E-state index is 9.27. The second-order valence-corrected chi connectivity index (χ2v) is 3.03. The molecule has 10 heavy (non-hydrogen) atoms. The van der Waals surface area contributed by atoms with E-state index in [0.29, 0.717) is 5.92 Å². The number of hydrogen-bond donors (Lipinski definition) is 2. The van der Waals surface area contributed by atoms with Crippen molar-refractivity contribution in [2.24, 2.45) is 5.92 Å². The Hall–Kier alpha value is -0.0800. The quantitative estimate of drug-likeness (QED) is 0.571. The van der Waals surface area contributed by atoms with E-state index in [-0.39, 0.29) is 12.7 Å². The molecule has 0 saturated heterocycles. The average Bonchev–Trinajstić information content (AvgIpc) is 1.88. The number of hydrogen-bond acceptors (Lipinski definition) is 2. The summed E-state index contributed by atoms with van der Waals surface area (Å²) in [6, 6.07) is 0. The Morgan fingerprint density at radius 2 is 1.80 bits per heavy atom. The highest BCUT2D eigenvalue weighted by Gasteiger charge is 2.07. The number of aliphatic hydroxyl groups excluding tert-OH is 2. The van der Waals surface area contributed by atoms with Crippen LogP contribution in [0.25, 0.3) is 0 Å². The molecule has 0 aliphatic rings. The lowest BCUT2D eigenvalue weighted by Gasteiger charge is -2.12. The summed E-state index contributed by atoms with van der Waals surface area (Å²) in [5, 5.41) is 17.7. The average molecular weight is 146 g/mol. The molecule has 0 radical (unpaired) electrons. The number of rotatable bonds is 5. The third-order valence-corrected chi connectivity index (χ3v) is 1.68. The summed E-state index contributed by atoms with van der Waals surface area (Å²) in [5.41, 5.74) is 0. The van der Waals surface area contributed by atoms with Gasteiger partial charge in [-0.1, -0.05) is 13.8 Å². The fourth-order valence-electron chi connectivity index (χ4n) is 0.799. The van der Waals surface area contributed by atoms with Gasteiger partial charge in [-0.2, -0.15) is 0 Å². The van der Waals surface area contributed by atoms with Crippen LogP contribution in [0, 0.1) is 5.92 Å². The van der Waals surface area contributed by atoms with Crippen molar-refractivity contribution in [2.75, 3.05) is 6.61 Å². The summed E-state index contributed by atoms with van der Waals surface area (Å²) in [7, 11) is 0. The van der Waals surface area contributed by atoms with E-state index >= 15 is 0 Å². The first-order valence-corrected chi connectivity index (χ1v) is 3.97. The van der Waals surface area contributed by atoms with Crippen LogP contribution < -0.4 is 0 Å². The van der Waals surface area contributed by atoms with Crippen molar-refractivity contribution < 1.29 is 10.2 Å². The van der Waals surface area contributed by atoms with Crippen molar-refractivity contribution >= 4 is 0 Å². The number of unbranched alkanes of at least 4 members (excludes halogenated alkanes) is 1. The largest absolute Gasteiger partial charge is 0.396 e. The molecular weight excluding hydrogens is 128 g/mol. The van der Waals surface area contributed by atoms with E-state index in [9.17, 15) is 5.11 Å². The molecule has 0 aromatic rings. The monoisotopic (exact) mass is 146 g/mol. The predicted octanol–water partition coefficient (Wildman–Crippen LogP) is 1.17. The number of aliphatic hydroxyl groups is 2. The Morgan fingerprint density at radius 3 is 2.20 bits per heavy atom. The Bertz CT molecular complexity index is 71.7. The van der Waals surface area contributed by atoms with Gasteiger partial charge in [0.2, 0.25) is 0 Å². The molecule has 0 bridgehead atoms. The molecule has 2 heteroatoms. The molecule has 0 aromatic heterocycles. The first-order chi connectivity index (χ1) is 4.68. The van der Waals surface area contributed by atoms with E-state index < -0.39 is 0 Å². The summed E-state index contributed by atoms with van der Waals surface area (Å²) < 4.78 is 0. The highest BCUT2D eigenvalue weighted by atomic mass is 16.3. The molecule has 0 rings (SSSR count). The Kier molecular flexibility index (Phi) is 5.64. The molecule has 2 N–H and O–H groups in total. The molecule has 2 nitrogen and oxygen atoms in total. The van der Waals surface area contributed by atoms with Gasteiger partial charge in [-0.05, 0) is 25.2 Å². The molecule has 0 fully saturated rings. The molecule has 0 amide bonds. The molecule has 0 aromatic carbocycles. The molecule has 1 unspecified atom stereocenters. The maximum atomic E-state index is 9.27. The lowest BCUT2D eigenvalue weighted by Crippen LogP contribution is -2.14. The van der Waals surface area contributed by atoms with Crippen LogP contribution in [0.2, 0.25) is 0 Å². The van der Waals surface area contributed by atoms with Crippen molar-refractivity contribution in [2.45, 2.75) is 39.2 Å². The summed E-state index contributed by atoms with van der Waals surface area (Å²) >= 11 is 0. The van der Waals surface area contributed by atoms with Crippen molar-refractivity contribution in [1.29, 1.82) is 0 Å². The normalized spacial score (nSPS) is 14.1. The van der Waals surface area contributed by atoms with Gasteiger partial charge in [-0.3, -0.25) is 0 Å². The van der Waals surface area contributed by atoms with Gasteiger partial charge in [-0.25, -0.2) is 0 Å². The third-order valence-electron chi connectivity index (χ3n) is 1.68. The topological polar surface area (TPSA) is 40.5 Å². The van der Waals surface area contributed by atoms with Crippen LogP contribution in [0.15, 0.2) is 0 Å². The Morgan fingerprint density at radius 1 is 1.20 bits per heavy atom.